The Morgan fingerprint density at radius 3 is 3.22 bits per heavy atom. The van der Waals surface area contributed by atoms with Gasteiger partial charge < -0.3 is 0 Å². The van der Waals surface area contributed by atoms with E-state index >= 15 is 0 Å². The quantitative estimate of drug-likeness (QED) is 0.519. The van der Waals surface area contributed by atoms with E-state index in [0.717, 1.165) is 0 Å². The summed E-state index contributed by atoms with van der Waals surface area (Å²) in [5.41, 5.74) is 0. The summed E-state index contributed by atoms with van der Waals surface area (Å²) in [6, 6.07) is 2.01. The second-order valence-electron chi connectivity index (χ2n) is 1.98. The highest BCUT2D eigenvalue weighted by atomic mass is 14.2. The summed E-state index contributed by atoms with van der Waals surface area (Å²) in [6.07, 6.45) is 8.38. The molecule has 46 valence electrons. The third-order valence-electron chi connectivity index (χ3n) is 1.27. The zero-order valence-corrected chi connectivity index (χ0v) is 5.17. The van der Waals surface area contributed by atoms with Gasteiger partial charge in [-0.25, -0.2) is 0 Å². The molecule has 1 nitrogen and oxygen atoms in total. The molecule has 0 fully saturated rings. The van der Waals surface area contributed by atoms with Gasteiger partial charge in [0, 0.05) is 7.79 Å². The van der Waals surface area contributed by atoms with Gasteiger partial charge in [0.15, 0.2) is 0 Å². The van der Waals surface area contributed by atoms with Crippen LogP contribution < -0.4 is 0 Å². The Balaban J connectivity index is 2.63. The second-order valence-corrected chi connectivity index (χ2v) is 1.98. The van der Waals surface area contributed by atoms with Gasteiger partial charge in [-0.15, -0.1) is 0 Å². The average Bonchev–Trinajstić information content (AvgIpc) is 1.89. The van der Waals surface area contributed by atoms with Crippen molar-refractivity contribution in [1.29, 1.82) is 5.26 Å². The second kappa shape index (κ2) is 3.09. The molecule has 1 unspecified atom stereocenters. The lowest BCUT2D eigenvalue weighted by atomic mass is 9.98. The first-order chi connectivity index (χ1) is 4.77. The third-order valence-corrected chi connectivity index (χ3v) is 1.27. The summed E-state index contributed by atoms with van der Waals surface area (Å²) in [5, 5.41) is 8.36. The third kappa shape index (κ3) is 1.73. The molecule has 0 radical (unpaired) electrons. The maximum Gasteiger partial charge on any atom is 0.0628 e. The molecule has 1 atom stereocenters. The van der Waals surface area contributed by atoms with Gasteiger partial charge in [-0.2, -0.15) is 5.26 Å². The average molecular weight is 120 g/mol. The van der Waals surface area contributed by atoms with Crippen molar-refractivity contribution >= 4 is 0 Å². The lowest BCUT2D eigenvalue weighted by Gasteiger charge is -2.06. The van der Waals surface area contributed by atoms with E-state index < -0.39 is 5.89 Å². The molecule has 9 heavy (non-hydrogen) atoms. The van der Waals surface area contributed by atoms with E-state index in [2.05, 4.69) is 0 Å². The number of nitrogens with zero attached hydrogens (tertiary/aromatic N) is 1. The number of nitriles is 1. The highest BCUT2D eigenvalue weighted by Gasteiger charge is 2.02. The Bertz CT molecular complexity index is 212. The van der Waals surface area contributed by atoms with Crippen LogP contribution in [0.4, 0.5) is 0 Å². The van der Waals surface area contributed by atoms with Crippen molar-refractivity contribution in [3.63, 3.8) is 0 Å². The Labute approximate surface area is 56.7 Å². The highest BCUT2D eigenvalue weighted by molar-refractivity contribution is 5.11. The van der Waals surface area contributed by atoms with Gasteiger partial charge >= 0.3 is 0 Å². The first-order valence-electron chi connectivity index (χ1n) is 3.48. The van der Waals surface area contributed by atoms with Crippen LogP contribution in [0.1, 0.15) is 14.2 Å². The maximum absolute atomic E-state index is 8.36. The molecule has 1 aliphatic rings. The van der Waals surface area contributed by atoms with Gasteiger partial charge in [-0.3, -0.25) is 0 Å². The minimum atomic E-state index is -0.649. The topological polar surface area (TPSA) is 23.8 Å². The fraction of sp³-hybridized carbons (Fsp3) is 0.375. The van der Waals surface area contributed by atoms with Crippen LogP contribution in [0.25, 0.3) is 0 Å². The Morgan fingerprint density at radius 2 is 2.67 bits per heavy atom. The van der Waals surface area contributed by atoms with Gasteiger partial charge in [0.2, 0.25) is 0 Å². The standard InChI is InChI=1S/C8H9N/c9-7-6-8-4-2-1-3-5-8/h1-4,8H,5-6H2/i8D. The normalized spacial score (nSPS) is 33.4. The van der Waals surface area contributed by atoms with E-state index in [9.17, 15) is 0 Å². The maximum atomic E-state index is 8.36. The molecule has 0 bridgehead atoms. The predicted octanol–water partition coefficient (Wildman–Crippen LogP) is 2.03. The van der Waals surface area contributed by atoms with Crippen molar-refractivity contribution < 1.29 is 1.37 Å². The van der Waals surface area contributed by atoms with E-state index in [1.807, 2.05) is 24.3 Å². The SMILES string of the molecule is [2H]C1(CC#N)C=CC=CC1. The van der Waals surface area contributed by atoms with Crippen LogP contribution >= 0.6 is 0 Å². The fourth-order valence-electron chi connectivity index (χ4n) is 0.790. The van der Waals surface area contributed by atoms with Crippen LogP contribution in [0, 0.1) is 17.2 Å². The lowest BCUT2D eigenvalue weighted by molar-refractivity contribution is 0.676. The van der Waals surface area contributed by atoms with Crippen molar-refractivity contribution in [3.05, 3.63) is 24.3 Å². The molecular weight excluding hydrogens is 110 g/mol. The van der Waals surface area contributed by atoms with Crippen molar-refractivity contribution in [3.8, 4) is 6.07 Å². The van der Waals surface area contributed by atoms with Gasteiger partial charge in [0.25, 0.3) is 0 Å². The number of rotatable bonds is 1. The summed E-state index contributed by atoms with van der Waals surface area (Å²) < 4.78 is 7.66. The minimum absolute atomic E-state index is 0.286. The largest absolute Gasteiger partial charge is 0.198 e. The molecule has 0 aromatic heterocycles. The number of hydrogen-bond donors (Lipinski definition) is 0. The molecule has 0 heterocycles. The van der Waals surface area contributed by atoms with E-state index in [4.69, 9.17) is 6.63 Å². The van der Waals surface area contributed by atoms with Crippen molar-refractivity contribution in [2.75, 3.05) is 0 Å². The highest BCUT2D eigenvalue weighted by Crippen LogP contribution is 2.13. The van der Waals surface area contributed by atoms with E-state index in [0.29, 0.717) is 6.42 Å². The van der Waals surface area contributed by atoms with Crippen molar-refractivity contribution in [2.24, 2.45) is 5.89 Å². The van der Waals surface area contributed by atoms with Gasteiger partial charge in [0.1, 0.15) is 0 Å². The molecule has 0 aliphatic heterocycles. The van der Waals surface area contributed by atoms with Crippen molar-refractivity contribution in [2.45, 2.75) is 12.8 Å². The number of hydrogen-bond acceptors (Lipinski definition) is 1. The van der Waals surface area contributed by atoms with Crippen LogP contribution in [0.5, 0.6) is 0 Å². The van der Waals surface area contributed by atoms with Crippen LogP contribution in [-0.4, -0.2) is 0 Å². The zero-order valence-electron chi connectivity index (χ0n) is 6.17. The van der Waals surface area contributed by atoms with Gasteiger partial charge in [0.05, 0.1) is 6.07 Å². The van der Waals surface area contributed by atoms with E-state index in [1.165, 1.54) is 0 Å². The molecule has 1 rings (SSSR count). The van der Waals surface area contributed by atoms with Crippen LogP contribution in [-0.2, 0) is 0 Å². The Kier molecular flexibility index (Phi) is 1.65. The van der Waals surface area contributed by atoms with E-state index in [1.54, 1.807) is 6.08 Å². The van der Waals surface area contributed by atoms with Crippen LogP contribution in [0.3, 0.4) is 0 Å². The molecule has 0 aromatic carbocycles. The van der Waals surface area contributed by atoms with Crippen molar-refractivity contribution in [1.82, 2.24) is 0 Å². The molecule has 0 N–H and O–H groups in total. The van der Waals surface area contributed by atoms with Crippen LogP contribution in [0.15, 0.2) is 24.3 Å². The first kappa shape index (κ1) is 4.81. The summed E-state index contributed by atoms with van der Waals surface area (Å²) in [5.74, 6) is -0.649. The monoisotopic (exact) mass is 120 g/mol. The fourth-order valence-corrected chi connectivity index (χ4v) is 0.790. The summed E-state index contributed by atoms with van der Waals surface area (Å²) >= 11 is 0. The number of allylic oxidation sites excluding steroid dienone is 4. The first-order valence-corrected chi connectivity index (χ1v) is 2.98. The predicted molar refractivity (Wildman–Crippen MR) is 36.6 cm³/mol. The van der Waals surface area contributed by atoms with Gasteiger partial charge in [-0.05, 0) is 12.3 Å². The molecule has 0 spiro atoms. The molecule has 0 saturated carbocycles. The minimum Gasteiger partial charge on any atom is -0.198 e. The molecule has 1 aliphatic carbocycles. The zero-order chi connectivity index (χ0) is 7.45. The molecular formula is C8H9N. The molecule has 0 amide bonds. The summed E-state index contributed by atoms with van der Waals surface area (Å²) in [7, 11) is 0. The van der Waals surface area contributed by atoms with Gasteiger partial charge in [-0.1, -0.05) is 24.3 Å². The summed E-state index contributed by atoms with van der Waals surface area (Å²) in [4.78, 5) is 0. The molecule has 0 aromatic rings. The molecule has 0 saturated heterocycles. The summed E-state index contributed by atoms with van der Waals surface area (Å²) in [6.45, 7) is 0. The smallest absolute Gasteiger partial charge is 0.0628 e. The van der Waals surface area contributed by atoms with Crippen LogP contribution in [0.2, 0.25) is 0 Å². The molecule has 1 heteroatoms. The lowest BCUT2D eigenvalue weighted by Crippen LogP contribution is -1.94. The Morgan fingerprint density at radius 1 is 1.78 bits per heavy atom. The Hall–Kier alpha value is -1.03. The van der Waals surface area contributed by atoms with E-state index in [-0.39, 0.29) is 6.42 Å².